The van der Waals surface area contributed by atoms with Crippen LogP contribution in [0.5, 0.6) is 5.75 Å². The third kappa shape index (κ3) is 4.71. The van der Waals surface area contributed by atoms with Gasteiger partial charge in [0.25, 0.3) is 11.8 Å². The largest absolute Gasteiger partial charge is 0.496 e. The van der Waals surface area contributed by atoms with Crippen molar-refractivity contribution < 1.29 is 19.1 Å². The van der Waals surface area contributed by atoms with Gasteiger partial charge < -0.3 is 19.7 Å². The minimum absolute atomic E-state index is 0.149. The average Bonchev–Trinajstić information content (AvgIpc) is 2.74. The lowest BCUT2D eigenvalue weighted by Crippen LogP contribution is -2.44. The smallest absolute Gasteiger partial charge is 0.270 e. The Balaban J connectivity index is 1.94. The molecule has 0 unspecified atom stereocenters. The van der Waals surface area contributed by atoms with E-state index in [1.807, 2.05) is 18.2 Å². The molecule has 0 atom stereocenters. The molecule has 1 aliphatic rings. The summed E-state index contributed by atoms with van der Waals surface area (Å²) in [6.45, 7) is 1.85. The summed E-state index contributed by atoms with van der Waals surface area (Å²) in [7, 11) is 1.55. The van der Waals surface area contributed by atoms with Crippen LogP contribution in [0.2, 0.25) is 5.02 Å². The fourth-order valence-corrected chi connectivity index (χ4v) is 3.09. The molecule has 0 bridgehead atoms. The number of nitrogens with zero attached hydrogens (tertiary/aromatic N) is 1. The lowest BCUT2D eigenvalue weighted by molar-refractivity contribution is -0.131. The second-order valence-corrected chi connectivity index (χ2v) is 6.55. The quantitative estimate of drug-likeness (QED) is 0.783. The van der Waals surface area contributed by atoms with Crippen molar-refractivity contribution in [3.8, 4) is 5.75 Å². The van der Waals surface area contributed by atoms with Crippen molar-refractivity contribution in [1.82, 2.24) is 10.2 Å². The summed E-state index contributed by atoms with van der Waals surface area (Å²) in [6.07, 6.45) is 1.62. The Morgan fingerprint density at radius 2 is 1.79 bits per heavy atom. The van der Waals surface area contributed by atoms with Crippen LogP contribution < -0.4 is 10.1 Å². The number of benzene rings is 2. The lowest BCUT2D eigenvalue weighted by Gasteiger charge is -2.28. The second-order valence-electron chi connectivity index (χ2n) is 6.14. The Morgan fingerprint density at radius 3 is 2.50 bits per heavy atom. The molecule has 2 amide bonds. The molecular formula is C21H21ClN2O4. The number of carbonyl (C=O) groups excluding carboxylic acids is 2. The van der Waals surface area contributed by atoms with Gasteiger partial charge in [-0.15, -0.1) is 0 Å². The van der Waals surface area contributed by atoms with Gasteiger partial charge in [-0.05, 0) is 24.3 Å². The first kappa shape index (κ1) is 19.9. The molecule has 0 aliphatic carbocycles. The number of methoxy groups -OCH3 is 1. The summed E-state index contributed by atoms with van der Waals surface area (Å²) >= 11 is 6.13. The molecule has 2 aromatic rings. The zero-order valence-electron chi connectivity index (χ0n) is 15.5. The Hall–Kier alpha value is -2.83. The van der Waals surface area contributed by atoms with E-state index in [0.29, 0.717) is 48.2 Å². The molecule has 1 fully saturated rings. The van der Waals surface area contributed by atoms with Crippen molar-refractivity contribution in [3.63, 3.8) is 0 Å². The minimum Gasteiger partial charge on any atom is -0.496 e. The molecule has 3 rings (SSSR count). The standard InChI is InChI=1S/C21H21ClN2O4/c1-27-19-9-5-2-6-15(19)14-18(21(26)24-10-12-28-13-11-24)23-20(25)16-7-3-4-8-17(16)22/h2-9,14H,10-13H2,1H3,(H,23,25). The summed E-state index contributed by atoms with van der Waals surface area (Å²) in [4.78, 5) is 27.5. The normalized spacial score (nSPS) is 14.5. The van der Waals surface area contributed by atoms with E-state index < -0.39 is 5.91 Å². The first-order valence-electron chi connectivity index (χ1n) is 8.88. The molecule has 146 valence electrons. The van der Waals surface area contributed by atoms with Crippen molar-refractivity contribution in [1.29, 1.82) is 0 Å². The summed E-state index contributed by atoms with van der Waals surface area (Å²) in [5.74, 6) is -0.135. The highest BCUT2D eigenvalue weighted by Crippen LogP contribution is 2.21. The molecular weight excluding hydrogens is 380 g/mol. The van der Waals surface area contributed by atoms with Gasteiger partial charge in [-0.3, -0.25) is 9.59 Å². The molecule has 1 aliphatic heterocycles. The van der Waals surface area contributed by atoms with E-state index in [1.54, 1.807) is 48.4 Å². The van der Waals surface area contributed by atoms with Gasteiger partial charge in [-0.1, -0.05) is 41.9 Å². The summed E-state index contributed by atoms with van der Waals surface area (Å²) in [5.41, 5.74) is 1.13. The molecule has 0 spiro atoms. The topological polar surface area (TPSA) is 67.9 Å². The van der Waals surface area contributed by atoms with Crippen molar-refractivity contribution >= 4 is 29.5 Å². The SMILES string of the molecule is COc1ccccc1C=C(NC(=O)c1ccccc1Cl)C(=O)N1CCOCC1. The second kappa shape index (κ2) is 9.39. The van der Waals surface area contributed by atoms with E-state index in [0.717, 1.165) is 0 Å². The molecule has 28 heavy (non-hydrogen) atoms. The van der Waals surface area contributed by atoms with Crippen LogP contribution >= 0.6 is 11.6 Å². The van der Waals surface area contributed by atoms with E-state index in [9.17, 15) is 9.59 Å². The van der Waals surface area contributed by atoms with Crippen molar-refractivity contribution in [2.75, 3.05) is 33.4 Å². The maximum absolute atomic E-state index is 13.1. The van der Waals surface area contributed by atoms with Gasteiger partial charge in [-0.25, -0.2) is 0 Å². The summed E-state index contributed by atoms with van der Waals surface area (Å²) < 4.78 is 10.7. The highest BCUT2D eigenvalue weighted by molar-refractivity contribution is 6.34. The van der Waals surface area contributed by atoms with Crippen molar-refractivity contribution in [2.45, 2.75) is 0 Å². The number of halogens is 1. The van der Waals surface area contributed by atoms with Gasteiger partial charge in [0.15, 0.2) is 0 Å². The maximum Gasteiger partial charge on any atom is 0.270 e. The molecule has 0 aromatic heterocycles. The molecule has 1 heterocycles. The van der Waals surface area contributed by atoms with E-state index in [-0.39, 0.29) is 11.6 Å². The Kier molecular flexibility index (Phi) is 6.68. The van der Waals surface area contributed by atoms with Crippen LogP contribution in [-0.2, 0) is 9.53 Å². The fraction of sp³-hybridized carbons (Fsp3) is 0.238. The number of hydrogen-bond donors (Lipinski definition) is 1. The van der Waals surface area contributed by atoms with E-state index in [4.69, 9.17) is 21.1 Å². The number of rotatable bonds is 5. The summed E-state index contributed by atoms with van der Waals surface area (Å²) in [6, 6.07) is 14.0. The van der Waals surface area contributed by atoms with E-state index in [1.165, 1.54) is 0 Å². The van der Waals surface area contributed by atoms with Crippen molar-refractivity contribution in [3.05, 3.63) is 70.4 Å². The number of amides is 2. The molecule has 6 nitrogen and oxygen atoms in total. The first-order valence-corrected chi connectivity index (χ1v) is 9.25. The Bertz CT molecular complexity index is 891. The van der Waals surface area contributed by atoms with Crippen LogP contribution in [0, 0.1) is 0 Å². The molecule has 1 saturated heterocycles. The van der Waals surface area contributed by atoms with E-state index in [2.05, 4.69) is 5.32 Å². The molecule has 0 radical (unpaired) electrons. The van der Waals surface area contributed by atoms with Gasteiger partial charge in [0.05, 0.1) is 30.9 Å². The molecule has 2 aromatic carbocycles. The van der Waals surface area contributed by atoms with Gasteiger partial charge in [0.2, 0.25) is 0 Å². The number of hydrogen-bond acceptors (Lipinski definition) is 4. The number of ether oxygens (including phenoxy) is 2. The summed E-state index contributed by atoms with van der Waals surface area (Å²) in [5, 5.41) is 3.04. The van der Waals surface area contributed by atoms with Crippen molar-refractivity contribution in [2.24, 2.45) is 0 Å². The Morgan fingerprint density at radius 1 is 1.11 bits per heavy atom. The van der Waals surface area contributed by atoms with Crippen LogP contribution in [0.15, 0.2) is 54.2 Å². The third-order valence-corrected chi connectivity index (χ3v) is 4.66. The number of morpholine rings is 1. The fourth-order valence-electron chi connectivity index (χ4n) is 2.86. The Labute approximate surface area is 168 Å². The highest BCUT2D eigenvalue weighted by atomic mass is 35.5. The highest BCUT2D eigenvalue weighted by Gasteiger charge is 2.23. The van der Waals surface area contributed by atoms with Gasteiger partial charge in [0, 0.05) is 18.7 Å². The minimum atomic E-state index is -0.451. The van der Waals surface area contributed by atoms with Gasteiger partial charge >= 0.3 is 0 Å². The third-order valence-electron chi connectivity index (χ3n) is 4.33. The molecule has 7 heteroatoms. The molecule has 1 N–H and O–H groups in total. The van der Waals surface area contributed by atoms with E-state index >= 15 is 0 Å². The van der Waals surface area contributed by atoms with Crippen LogP contribution in [0.3, 0.4) is 0 Å². The maximum atomic E-state index is 13.1. The van der Waals surface area contributed by atoms with Gasteiger partial charge in [-0.2, -0.15) is 0 Å². The zero-order chi connectivity index (χ0) is 19.9. The van der Waals surface area contributed by atoms with Crippen LogP contribution in [0.4, 0.5) is 0 Å². The average molecular weight is 401 g/mol. The van der Waals surface area contributed by atoms with Gasteiger partial charge in [0.1, 0.15) is 11.4 Å². The van der Waals surface area contributed by atoms with Crippen LogP contribution in [-0.4, -0.2) is 50.1 Å². The lowest BCUT2D eigenvalue weighted by atomic mass is 10.1. The number of para-hydroxylation sites is 1. The monoisotopic (exact) mass is 400 g/mol. The zero-order valence-corrected chi connectivity index (χ0v) is 16.2. The molecule has 0 saturated carbocycles. The van der Waals surface area contributed by atoms with Crippen LogP contribution in [0.25, 0.3) is 6.08 Å². The number of carbonyl (C=O) groups is 2. The first-order chi connectivity index (χ1) is 13.6. The predicted molar refractivity (Wildman–Crippen MR) is 107 cm³/mol. The predicted octanol–water partition coefficient (Wildman–Crippen LogP) is 2.98. The number of nitrogens with one attached hydrogen (secondary N) is 1. The van der Waals surface area contributed by atoms with Crippen LogP contribution in [0.1, 0.15) is 15.9 Å².